The molecule has 2 nitrogen and oxygen atoms in total. The van der Waals surface area contributed by atoms with E-state index in [-0.39, 0.29) is 0 Å². The lowest BCUT2D eigenvalue weighted by Gasteiger charge is -2.11. The lowest BCUT2D eigenvalue weighted by Crippen LogP contribution is -2.06. The smallest absolute Gasteiger partial charge is 0.187 e. The van der Waals surface area contributed by atoms with E-state index in [1.807, 2.05) is 26.0 Å². The highest BCUT2D eigenvalue weighted by atomic mass is 35.5. The van der Waals surface area contributed by atoms with Crippen LogP contribution in [0.15, 0.2) is 12.1 Å². The van der Waals surface area contributed by atoms with Crippen molar-refractivity contribution in [1.82, 2.24) is 0 Å². The van der Waals surface area contributed by atoms with Crippen molar-refractivity contribution in [3.63, 3.8) is 0 Å². The van der Waals surface area contributed by atoms with Gasteiger partial charge in [-0.3, -0.25) is 0 Å². The molecular formula is C12H17ClO2. The van der Waals surface area contributed by atoms with Crippen LogP contribution in [0.2, 0.25) is 5.02 Å². The van der Waals surface area contributed by atoms with Gasteiger partial charge in [0, 0.05) is 0 Å². The van der Waals surface area contributed by atoms with E-state index >= 15 is 0 Å². The first kappa shape index (κ1) is 12.3. The van der Waals surface area contributed by atoms with Crippen LogP contribution in [0.5, 0.6) is 5.75 Å². The van der Waals surface area contributed by atoms with Crippen LogP contribution in [-0.2, 0) is 4.89 Å². The van der Waals surface area contributed by atoms with E-state index in [0.717, 1.165) is 11.1 Å². The lowest BCUT2D eigenvalue weighted by atomic mass is 10.1. The summed E-state index contributed by atoms with van der Waals surface area (Å²) < 4.78 is 0. The summed E-state index contributed by atoms with van der Waals surface area (Å²) in [6.45, 7) is 8.57. The SMILES string of the molecule is Cc1ccc(C)c(OOCC(C)C)c1Cl. The predicted molar refractivity (Wildman–Crippen MR) is 62.3 cm³/mol. The van der Waals surface area contributed by atoms with Crippen LogP contribution in [0, 0.1) is 19.8 Å². The van der Waals surface area contributed by atoms with Crippen molar-refractivity contribution in [1.29, 1.82) is 0 Å². The molecular weight excluding hydrogens is 212 g/mol. The van der Waals surface area contributed by atoms with E-state index < -0.39 is 0 Å². The Labute approximate surface area is 96.1 Å². The molecule has 84 valence electrons. The summed E-state index contributed by atoms with van der Waals surface area (Å²) in [5.74, 6) is 1.06. The Hall–Kier alpha value is -0.730. The van der Waals surface area contributed by atoms with Crippen molar-refractivity contribution in [2.75, 3.05) is 6.61 Å². The number of hydrogen-bond acceptors (Lipinski definition) is 2. The molecule has 0 saturated carbocycles. The summed E-state index contributed by atoms with van der Waals surface area (Å²) in [6.07, 6.45) is 0. The Morgan fingerprint density at radius 3 is 2.40 bits per heavy atom. The molecule has 15 heavy (non-hydrogen) atoms. The second-order valence-corrected chi connectivity index (χ2v) is 4.48. The molecule has 0 fully saturated rings. The van der Waals surface area contributed by atoms with Gasteiger partial charge in [0.05, 0.1) is 11.6 Å². The van der Waals surface area contributed by atoms with E-state index in [4.69, 9.17) is 21.4 Å². The van der Waals surface area contributed by atoms with Crippen molar-refractivity contribution in [3.8, 4) is 5.75 Å². The Morgan fingerprint density at radius 1 is 1.20 bits per heavy atom. The zero-order chi connectivity index (χ0) is 11.4. The van der Waals surface area contributed by atoms with Crippen molar-refractivity contribution in [2.24, 2.45) is 5.92 Å². The maximum absolute atomic E-state index is 6.11. The summed E-state index contributed by atoms with van der Waals surface area (Å²) in [6, 6.07) is 3.93. The fraction of sp³-hybridized carbons (Fsp3) is 0.500. The van der Waals surface area contributed by atoms with Crippen molar-refractivity contribution < 1.29 is 9.78 Å². The molecule has 1 aromatic rings. The molecule has 1 aromatic carbocycles. The average Bonchev–Trinajstić information content (AvgIpc) is 2.17. The van der Waals surface area contributed by atoms with Gasteiger partial charge in [-0.2, -0.15) is 4.89 Å². The van der Waals surface area contributed by atoms with Crippen LogP contribution in [0.25, 0.3) is 0 Å². The van der Waals surface area contributed by atoms with Gasteiger partial charge in [0.25, 0.3) is 0 Å². The fourth-order valence-corrected chi connectivity index (χ4v) is 1.33. The fourth-order valence-electron chi connectivity index (χ4n) is 1.08. The Bertz CT molecular complexity index is 335. The second-order valence-electron chi connectivity index (χ2n) is 4.10. The highest BCUT2D eigenvalue weighted by molar-refractivity contribution is 6.32. The molecule has 0 amide bonds. The summed E-state index contributed by atoms with van der Waals surface area (Å²) in [5, 5.41) is 0.624. The number of benzene rings is 1. The Balaban J connectivity index is 2.71. The molecule has 0 aliphatic heterocycles. The Kier molecular flexibility index (Phi) is 4.43. The van der Waals surface area contributed by atoms with Gasteiger partial charge in [-0.05, 0) is 30.9 Å². The largest absolute Gasteiger partial charge is 0.336 e. The third-order valence-corrected chi connectivity index (χ3v) is 2.50. The van der Waals surface area contributed by atoms with Gasteiger partial charge < -0.3 is 4.89 Å². The van der Waals surface area contributed by atoms with Crippen LogP contribution in [0.4, 0.5) is 0 Å². The van der Waals surface area contributed by atoms with E-state index in [2.05, 4.69) is 13.8 Å². The number of rotatable bonds is 4. The molecule has 0 aliphatic rings. The van der Waals surface area contributed by atoms with E-state index in [9.17, 15) is 0 Å². The van der Waals surface area contributed by atoms with Gasteiger partial charge >= 0.3 is 0 Å². The van der Waals surface area contributed by atoms with E-state index in [0.29, 0.717) is 23.3 Å². The topological polar surface area (TPSA) is 18.5 Å². The first-order chi connectivity index (χ1) is 7.02. The molecule has 0 spiro atoms. The zero-order valence-electron chi connectivity index (χ0n) is 9.63. The van der Waals surface area contributed by atoms with Crippen LogP contribution >= 0.6 is 11.6 Å². The first-order valence-electron chi connectivity index (χ1n) is 5.07. The van der Waals surface area contributed by atoms with Crippen molar-refractivity contribution in [3.05, 3.63) is 28.3 Å². The van der Waals surface area contributed by atoms with Crippen molar-refractivity contribution >= 4 is 11.6 Å². The van der Waals surface area contributed by atoms with Crippen LogP contribution in [-0.4, -0.2) is 6.61 Å². The molecule has 0 unspecified atom stereocenters. The van der Waals surface area contributed by atoms with Crippen LogP contribution in [0.1, 0.15) is 25.0 Å². The van der Waals surface area contributed by atoms with Gasteiger partial charge in [0.2, 0.25) is 0 Å². The maximum atomic E-state index is 6.11. The first-order valence-corrected chi connectivity index (χ1v) is 5.45. The van der Waals surface area contributed by atoms with Gasteiger partial charge in [-0.1, -0.05) is 37.6 Å². The maximum Gasteiger partial charge on any atom is 0.187 e. The predicted octanol–water partition coefficient (Wildman–Crippen LogP) is 3.92. The zero-order valence-corrected chi connectivity index (χ0v) is 10.4. The third kappa shape index (κ3) is 3.40. The summed E-state index contributed by atoms with van der Waals surface area (Å²) in [5.41, 5.74) is 1.97. The minimum absolute atomic E-state index is 0.439. The standard InChI is InChI=1S/C12H17ClO2/c1-8(2)7-14-15-12-10(4)6-5-9(3)11(12)13/h5-6,8H,7H2,1-4H3. The van der Waals surface area contributed by atoms with Crippen LogP contribution < -0.4 is 4.89 Å². The lowest BCUT2D eigenvalue weighted by molar-refractivity contribution is -0.214. The molecule has 0 saturated heterocycles. The van der Waals surface area contributed by atoms with E-state index in [1.165, 1.54) is 0 Å². The quantitative estimate of drug-likeness (QED) is 0.575. The van der Waals surface area contributed by atoms with Crippen molar-refractivity contribution in [2.45, 2.75) is 27.7 Å². The molecule has 0 bridgehead atoms. The Morgan fingerprint density at radius 2 is 1.80 bits per heavy atom. The third-order valence-electron chi connectivity index (χ3n) is 2.03. The molecule has 0 N–H and O–H groups in total. The average molecular weight is 229 g/mol. The van der Waals surface area contributed by atoms with Gasteiger partial charge in [0.1, 0.15) is 0 Å². The molecule has 0 aliphatic carbocycles. The highest BCUT2D eigenvalue weighted by Gasteiger charge is 2.09. The number of hydrogen-bond donors (Lipinski definition) is 0. The number of halogens is 1. The summed E-state index contributed by atoms with van der Waals surface area (Å²) >= 11 is 6.11. The van der Waals surface area contributed by atoms with Gasteiger partial charge in [0.15, 0.2) is 5.75 Å². The second kappa shape index (κ2) is 5.38. The summed E-state index contributed by atoms with van der Waals surface area (Å²) in [4.78, 5) is 10.3. The monoisotopic (exact) mass is 228 g/mol. The normalized spacial score (nSPS) is 10.8. The molecule has 3 heteroatoms. The molecule has 0 heterocycles. The van der Waals surface area contributed by atoms with E-state index in [1.54, 1.807) is 0 Å². The molecule has 0 aromatic heterocycles. The van der Waals surface area contributed by atoms with Gasteiger partial charge in [-0.15, -0.1) is 0 Å². The highest BCUT2D eigenvalue weighted by Crippen LogP contribution is 2.31. The van der Waals surface area contributed by atoms with Gasteiger partial charge in [-0.25, -0.2) is 0 Å². The minimum Gasteiger partial charge on any atom is -0.336 e. The molecule has 0 atom stereocenters. The number of aryl methyl sites for hydroxylation is 2. The van der Waals surface area contributed by atoms with Crippen LogP contribution in [0.3, 0.4) is 0 Å². The molecule has 1 rings (SSSR count). The summed E-state index contributed by atoms with van der Waals surface area (Å²) in [7, 11) is 0. The minimum atomic E-state index is 0.439. The molecule has 0 radical (unpaired) electrons.